The van der Waals surface area contributed by atoms with Crippen LogP contribution in [0.3, 0.4) is 0 Å². The zero-order chi connectivity index (χ0) is 17.0. The van der Waals surface area contributed by atoms with Crippen molar-refractivity contribution >= 4 is 34.8 Å². The lowest BCUT2D eigenvalue weighted by Crippen LogP contribution is -3.12. The van der Waals surface area contributed by atoms with E-state index < -0.39 is 5.82 Å². The highest BCUT2D eigenvalue weighted by Crippen LogP contribution is 2.22. The van der Waals surface area contributed by atoms with Crippen LogP contribution in [0.1, 0.15) is 12.5 Å². The summed E-state index contributed by atoms with van der Waals surface area (Å²) in [6, 6.07) is 11.1. The van der Waals surface area contributed by atoms with Gasteiger partial charge in [-0.3, -0.25) is 4.79 Å². The quantitative estimate of drug-likeness (QED) is 0.848. The van der Waals surface area contributed by atoms with Gasteiger partial charge >= 0.3 is 0 Å². The predicted octanol–water partition coefficient (Wildman–Crippen LogP) is 3.17. The number of nitrogens with one attached hydrogen (secondary N) is 2. The van der Waals surface area contributed by atoms with Crippen molar-refractivity contribution in [3.63, 3.8) is 0 Å². The van der Waals surface area contributed by atoms with Gasteiger partial charge in [0.2, 0.25) is 0 Å². The smallest absolute Gasteiger partial charge is 0.282 e. The molecule has 0 aliphatic carbocycles. The molecule has 0 fully saturated rings. The van der Waals surface area contributed by atoms with E-state index in [0.717, 1.165) is 10.5 Å². The Balaban J connectivity index is 2.01. The molecule has 0 heterocycles. The number of likely N-dealkylation sites (N-methyl/N-ethyl adjacent to an activating group) is 1. The summed E-state index contributed by atoms with van der Waals surface area (Å²) in [5, 5.41) is 3.60. The molecular formula is C17H18Cl2FN2O+. The van der Waals surface area contributed by atoms with E-state index in [-0.39, 0.29) is 17.6 Å². The van der Waals surface area contributed by atoms with Gasteiger partial charge in [0.15, 0.2) is 6.04 Å². The second-order valence-corrected chi connectivity index (χ2v) is 6.28. The molecule has 0 radical (unpaired) electrons. The van der Waals surface area contributed by atoms with Crippen LogP contribution in [0.4, 0.5) is 10.1 Å². The minimum Gasteiger partial charge on any atom is -0.324 e. The molecule has 0 aromatic heterocycles. The SMILES string of the molecule is C[C@H](C(=O)Nc1ccccc1F)[NH+](C)Cc1ccc(Cl)c(Cl)c1. The number of amides is 1. The van der Waals surface area contributed by atoms with Gasteiger partial charge in [0.05, 0.1) is 22.8 Å². The van der Waals surface area contributed by atoms with Crippen LogP contribution in [0, 0.1) is 5.82 Å². The zero-order valence-electron chi connectivity index (χ0n) is 12.9. The molecule has 2 aromatic carbocycles. The van der Waals surface area contributed by atoms with Crippen molar-refractivity contribution in [2.24, 2.45) is 0 Å². The molecule has 1 amide bonds. The number of quaternary nitrogens is 1. The van der Waals surface area contributed by atoms with E-state index in [4.69, 9.17) is 23.2 Å². The number of rotatable bonds is 5. The number of benzene rings is 2. The number of carbonyl (C=O) groups excluding carboxylic acids is 1. The largest absolute Gasteiger partial charge is 0.324 e. The molecular weight excluding hydrogens is 338 g/mol. The highest BCUT2D eigenvalue weighted by molar-refractivity contribution is 6.42. The van der Waals surface area contributed by atoms with Crippen molar-refractivity contribution in [2.45, 2.75) is 19.5 Å². The van der Waals surface area contributed by atoms with Gasteiger partial charge in [-0.1, -0.05) is 41.4 Å². The molecule has 6 heteroatoms. The van der Waals surface area contributed by atoms with Gasteiger partial charge in [0.1, 0.15) is 12.4 Å². The minimum absolute atomic E-state index is 0.187. The average Bonchev–Trinajstić information content (AvgIpc) is 2.52. The Hall–Kier alpha value is -1.62. The first-order valence-electron chi connectivity index (χ1n) is 7.20. The summed E-state index contributed by atoms with van der Waals surface area (Å²) in [5.41, 5.74) is 1.16. The van der Waals surface area contributed by atoms with Crippen LogP contribution >= 0.6 is 23.2 Å². The molecule has 122 valence electrons. The zero-order valence-corrected chi connectivity index (χ0v) is 14.4. The maximum Gasteiger partial charge on any atom is 0.282 e. The Morgan fingerprint density at radius 2 is 1.91 bits per heavy atom. The van der Waals surface area contributed by atoms with Gasteiger partial charge in [-0.25, -0.2) is 4.39 Å². The average molecular weight is 356 g/mol. The minimum atomic E-state index is -0.449. The summed E-state index contributed by atoms with van der Waals surface area (Å²) in [5.74, 6) is -0.692. The van der Waals surface area contributed by atoms with Crippen LogP contribution < -0.4 is 10.2 Å². The summed E-state index contributed by atoms with van der Waals surface area (Å²) in [6.07, 6.45) is 0. The highest BCUT2D eigenvalue weighted by Gasteiger charge is 2.23. The molecule has 23 heavy (non-hydrogen) atoms. The predicted molar refractivity (Wildman–Crippen MR) is 91.5 cm³/mol. The first-order chi connectivity index (χ1) is 10.9. The van der Waals surface area contributed by atoms with Gasteiger partial charge in [-0.2, -0.15) is 0 Å². The summed E-state index contributed by atoms with van der Waals surface area (Å²) in [6.45, 7) is 2.39. The molecule has 0 aliphatic rings. The van der Waals surface area contributed by atoms with E-state index >= 15 is 0 Å². The van der Waals surface area contributed by atoms with E-state index in [2.05, 4.69) is 5.32 Å². The molecule has 2 aromatic rings. The maximum atomic E-state index is 13.6. The lowest BCUT2D eigenvalue weighted by Gasteiger charge is -2.21. The fraction of sp³-hybridized carbons (Fsp3) is 0.235. The van der Waals surface area contributed by atoms with Crippen molar-refractivity contribution < 1.29 is 14.1 Å². The summed E-state index contributed by atoms with van der Waals surface area (Å²) in [7, 11) is 1.90. The van der Waals surface area contributed by atoms with E-state index in [1.165, 1.54) is 12.1 Å². The molecule has 0 saturated heterocycles. The van der Waals surface area contributed by atoms with Crippen molar-refractivity contribution in [3.8, 4) is 0 Å². The lowest BCUT2D eigenvalue weighted by molar-refractivity contribution is -0.907. The molecule has 3 nitrogen and oxygen atoms in total. The van der Waals surface area contributed by atoms with Crippen LogP contribution in [-0.2, 0) is 11.3 Å². The van der Waals surface area contributed by atoms with Crippen LogP contribution in [0.5, 0.6) is 0 Å². The van der Waals surface area contributed by atoms with Gasteiger partial charge in [0.25, 0.3) is 5.91 Å². The van der Waals surface area contributed by atoms with Crippen molar-refractivity contribution in [2.75, 3.05) is 12.4 Å². The molecule has 1 unspecified atom stereocenters. The standard InChI is InChI=1S/C17H17Cl2FN2O/c1-11(17(23)21-16-6-4-3-5-15(16)20)22(2)10-12-7-8-13(18)14(19)9-12/h3-9,11H,10H2,1-2H3,(H,21,23)/p+1/t11-/m1/s1. The Bertz CT molecular complexity index is 709. The van der Waals surface area contributed by atoms with E-state index in [1.807, 2.05) is 13.1 Å². The van der Waals surface area contributed by atoms with Gasteiger partial charge in [-0.15, -0.1) is 0 Å². The third-order valence-electron chi connectivity index (χ3n) is 3.73. The van der Waals surface area contributed by atoms with Crippen molar-refractivity contribution in [1.29, 1.82) is 0 Å². The summed E-state index contributed by atoms with van der Waals surface area (Å²) in [4.78, 5) is 13.2. The number of anilines is 1. The van der Waals surface area contributed by atoms with Gasteiger partial charge < -0.3 is 10.2 Å². The third kappa shape index (κ3) is 4.67. The van der Waals surface area contributed by atoms with E-state index in [1.54, 1.807) is 31.2 Å². The molecule has 0 spiro atoms. The second-order valence-electron chi connectivity index (χ2n) is 5.46. The maximum absolute atomic E-state index is 13.6. The van der Waals surface area contributed by atoms with E-state index in [0.29, 0.717) is 16.6 Å². The number of carbonyl (C=O) groups is 1. The molecule has 2 rings (SSSR count). The van der Waals surface area contributed by atoms with Gasteiger partial charge in [0, 0.05) is 5.56 Å². The first-order valence-corrected chi connectivity index (χ1v) is 7.95. The molecule has 0 aliphatic heterocycles. The summed E-state index contributed by atoms with van der Waals surface area (Å²) >= 11 is 11.9. The Morgan fingerprint density at radius 1 is 1.22 bits per heavy atom. The topological polar surface area (TPSA) is 33.5 Å². The molecule has 2 N–H and O–H groups in total. The lowest BCUT2D eigenvalue weighted by atomic mass is 10.2. The normalized spacial score (nSPS) is 13.4. The first kappa shape index (κ1) is 17.7. The summed E-state index contributed by atoms with van der Waals surface area (Å²) < 4.78 is 13.6. The van der Waals surface area contributed by atoms with Crippen LogP contribution in [0.15, 0.2) is 42.5 Å². The number of para-hydroxylation sites is 1. The van der Waals surface area contributed by atoms with Crippen LogP contribution in [0.25, 0.3) is 0 Å². The molecule has 2 atom stereocenters. The fourth-order valence-corrected chi connectivity index (χ4v) is 2.47. The molecule has 0 saturated carbocycles. The second kappa shape index (κ2) is 7.77. The number of halogens is 3. The number of hydrogen-bond acceptors (Lipinski definition) is 1. The third-order valence-corrected chi connectivity index (χ3v) is 4.47. The van der Waals surface area contributed by atoms with Crippen molar-refractivity contribution in [3.05, 3.63) is 63.9 Å². The molecule has 0 bridgehead atoms. The van der Waals surface area contributed by atoms with E-state index in [9.17, 15) is 9.18 Å². The van der Waals surface area contributed by atoms with Crippen LogP contribution in [-0.4, -0.2) is 19.0 Å². The Kier molecular flexibility index (Phi) is 5.99. The monoisotopic (exact) mass is 355 g/mol. The van der Waals surface area contributed by atoms with Crippen LogP contribution in [0.2, 0.25) is 10.0 Å². The highest BCUT2D eigenvalue weighted by atomic mass is 35.5. The Morgan fingerprint density at radius 3 is 2.57 bits per heavy atom. The fourth-order valence-electron chi connectivity index (χ4n) is 2.15. The Labute approximate surface area is 145 Å². The van der Waals surface area contributed by atoms with Crippen molar-refractivity contribution in [1.82, 2.24) is 0 Å². The number of hydrogen-bond donors (Lipinski definition) is 2. The van der Waals surface area contributed by atoms with Gasteiger partial charge in [-0.05, 0) is 31.2 Å².